The highest BCUT2D eigenvalue weighted by molar-refractivity contribution is 6.02. The van der Waals surface area contributed by atoms with Crippen molar-refractivity contribution in [1.29, 1.82) is 0 Å². The minimum atomic E-state index is -1.64. The van der Waals surface area contributed by atoms with Gasteiger partial charge in [0, 0.05) is 6.08 Å². The Morgan fingerprint density at radius 1 is 1.11 bits per heavy atom. The van der Waals surface area contributed by atoms with Gasteiger partial charge in [-0.2, -0.15) is 0 Å². The van der Waals surface area contributed by atoms with Gasteiger partial charge in [0.25, 0.3) is 0 Å². The molecule has 2 rings (SSSR count). The number of nitrogens with one attached hydrogen (secondary N) is 1. The van der Waals surface area contributed by atoms with E-state index in [4.69, 9.17) is 9.47 Å². The van der Waals surface area contributed by atoms with Crippen molar-refractivity contribution in [2.45, 2.75) is 13.8 Å². The van der Waals surface area contributed by atoms with Gasteiger partial charge in [-0.3, -0.25) is 4.79 Å². The Kier molecular flexibility index (Phi) is 6.87. The summed E-state index contributed by atoms with van der Waals surface area (Å²) >= 11 is 0. The molecule has 0 saturated carbocycles. The van der Waals surface area contributed by atoms with Crippen molar-refractivity contribution in [3.05, 3.63) is 59.4 Å². The van der Waals surface area contributed by atoms with E-state index in [0.29, 0.717) is 29.6 Å². The van der Waals surface area contributed by atoms with E-state index >= 15 is 0 Å². The van der Waals surface area contributed by atoms with Crippen LogP contribution in [0.2, 0.25) is 0 Å². The Balaban J connectivity index is 2.08. The molecule has 0 unspecified atom stereocenters. The molecular weight excluding hydrogens is 359 g/mol. The normalized spacial score (nSPS) is 11.1. The highest BCUT2D eigenvalue weighted by atomic mass is 19.2. The van der Waals surface area contributed by atoms with Gasteiger partial charge in [0.2, 0.25) is 5.91 Å². The predicted octanol–water partition coefficient (Wildman–Crippen LogP) is 4.80. The van der Waals surface area contributed by atoms with Crippen molar-refractivity contribution in [2.24, 2.45) is 5.92 Å². The van der Waals surface area contributed by atoms with Crippen LogP contribution in [0.15, 0.2) is 36.4 Å². The summed E-state index contributed by atoms with van der Waals surface area (Å²) in [4.78, 5) is 11.9. The number of amides is 1. The standard InChI is InChI=1S/C20H20F3NO3/c1-12(2)11-27-16-8-4-13(10-17(16)26-3)5-9-18(25)24-15-7-6-14(21)19(22)20(15)23/h4-10,12H,11H2,1-3H3,(H,24,25)/b9-5+. The summed E-state index contributed by atoms with van der Waals surface area (Å²) in [5.74, 6) is -3.67. The molecule has 1 amide bonds. The predicted molar refractivity (Wildman–Crippen MR) is 97.3 cm³/mol. The van der Waals surface area contributed by atoms with Crippen LogP contribution in [-0.2, 0) is 4.79 Å². The van der Waals surface area contributed by atoms with E-state index in [9.17, 15) is 18.0 Å². The smallest absolute Gasteiger partial charge is 0.248 e. The van der Waals surface area contributed by atoms with Crippen molar-refractivity contribution in [1.82, 2.24) is 0 Å². The topological polar surface area (TPSA) is 47.6 Å². The van der Waals surface area contributed by atoms with Gasteiger partial charge >= 0.3 is 0 Å². The van der Waals surface area contributed by atoms with Gasteiger partial charge in [0.15, 0.2) is 29.0 Å². The molecule has 27 heavy (non-hydrogen) atoms. The van der Waals surface area contributed by atoms with Crippen molar-refractivity contribution in [2.75, 3.05) is 19.0 Å². The first-order chi connectivity index (χ1) is 12.8. The number of hydrogen-bond acceptors (Lipinski definition) is 3. The SMILES string of the molecule is COc1cc(/C=C/C(=O)Nc2ccc(F)c(F)c2F)ccc1OCC(C)C. The lowest BCUT2D eigenvalue weighted by atomic mass is 10.2. The van der Waals surface area contributed by atoms with Gasteiger partial charge in [-0.25, -0.2) is 13.2 Å². The van der Waals surface area contributed by atoms with Gasteiger partial charge in [-0.05, 0) is 41.8 Å². The molecule has 0 saturated heterocycles. The molecule has 0 radical (unpaired) electrons. The van der Waals surface area contributed by atoms with Crippen LogP contribution >= 0.6 is 0 Å². The van der Waals surface area contributed by atoms with Crippen LogP contribution in [0.1, 0.15) is 19.4 Å². The zero-order chi connectivity index (χ0) is 20.0. The zero-order valence-corrected chi connectivity index (χ0v) is 15.2. The van der Waals surface area contributed by atoms with E-state index < -0.39 is 29.0 Å². The fourth-order valence-corrected chi connectivity index (χ4v) is 2.13. The molecule has 2 aromatic rings. The zero-order valence-electron chi connectivity index (χ0n) is 15.2. The first kappa shape index (κ1) is 20.4. The molecule has 0 bridgehead atoms. The number of carbonyl (C=O) groups excluding carboxylic acids is 1. The first-order valence-electron chi connectivity index (χ1n) is 8.25. The largest absolute Gasteiger partial charge is 0.493 e. The number of carbonyl (C=O) groups is 1. The van der Waals surface area contributed by atoms with Crippen LogP contribution in [0.4, 0.5) is 18.9 Å². The van der Waals surface area contributed by atoms with E-state index in [1.807, 2.05) is 13.8 Å². The summed E-state index contributed by atoms with van der Waals surface area (Å²) in [5.41, 5.74) is 0.197. The highest BCUT2D eigenvalue weighted by Crippen LogP contribution is 2.29. The molecule has 1 N–H and O–H groups in total. The lowest BCUT2D eigenvalue weighted by molar-refractivity contribution is -0.111. The summed E-state index contributed by atoms with van der Waals surface area (Å²) in [6.45, 7) is 4.59. The third-order valence-corrected chi connectivity index (χ3v) is 3.48. The van der Waals surface area contributed by atoms with Gasteiger partial charge in [-0.1, -0.05) is 19.9 Å². The highest BCUT2D eigenvalue weighted by Gasteiger charge is 2.14. The molecule has 2 aromatic carbocycles. The van der Waals surface area contributed by atoms with Crippen molar-refractivity contribution >= 4 is 17.7 Å². The Labute approximate surface area is 155 Å². The van der Waals surface area contributed by atoms with Gasteiger partial charge in [0.05, 0.1) is 19.4 Å². The Morgan fingerprint density at radius 2 is 1.85 bits per heavy atom. The van der Waals surface area contributed by atoms with Crippen molar-refractivity contribution in [3.8, 4) is 11.5 Å². The average molecular weight is 379 g/mol. The fraction of sp³-hybridized carbons (Fsp3) is 0.250. The summed E-state index contributed by atoms with van der Waals surface area (Å²) in [7, 11) is 1.50. The summed E-state index contributed by atoms with van der Waals surface area (Å²) in [6, 6.07) is 6.80. The van der Waals surface area contributed by atoms with E-state index in [1.54, 1.807) is 18.2 Å². The number of anilines is 1. The molecule has 0 aliphatic rings. The molecule has 0 aliphatic heterocycles. The van der Waals surface area contributed by atoms with Crippen LogP contribution in [0.3, 0.4) is 0 Å². The maximum Gasteiger partial charge on any atom is 0.248 e. The quantitative estimate of drug-likeness (QED) is 0.555. The maximum atomic E-state index is 13.6. The van der Waals surface area contributed by atoms with E-state index in [0.717, 1.165) is 18.2 Å². The summed E-state index contributed by atoms with van der Waals surface area (Å²) < 4.78 is 50.6. The third kappa shape index (κ3) is 5.51. The minimum absolute atomic E-state index is 0.356. The van der Waals surface area contributed by atoms with Crippen molar-refractivity contribution < 1.29 is 27.4 Å². The van der Waals surface area contributed by atoms with Gasteiger partial charge < -0.3 is 14.8 Å². The molecule has 0 spiro atoms. The fourth-order valence-electron chi connectivity index (χ4n) is 2.13. The molecular formula is C20H20F3NO3. The number of hydrogen-bond donors (Lipinski definition) is 1. The molecule has 7 heteroatoms. The van der Waals surface area contributed by atoms with Gasteiger partial charge in [-0.15, -0.1) is 0 Å². The Hall–Kier alpha value is -2.96. The molecule has 0 atom stereocenters. The summed E-state index contributed by atoms with van der Waals surface area (Å²) in [6.07, 6.45) is 2.62. The average Bonchev–Trinajstić information content (AvgIpc) is 2.65. The second-order valence-electron chi connectivity index (χ2n) is 6.16. The number of methoxy groups -OCH3 is 1. The summed E-state index contributed by atoms with van der Waals surface area (Å²) in [5, 5.41) is 2.16. The van der Waals surface area contributed by atoms with Crippen molar-refractivity contribution in [3.63, 3.8) is 0 Å². The lowest BCUT2D eigenvalue weighted by Gasteiger charge is -2.12. The molecule has 0 heterocycles. The second kappa shape index (κ2) is 9.12. The Morgan fingerprint density at radius 3 is 2.52 bits per heavy atom. The number of halogens is 3. The van der Waals surface area contributed by atoms with Crippen LogP contribution < -0.4 is 14.8 Å². The lowest BCUT2D eigenvalue weighted by Crippen LogP contribution is -2.10. The van der Waals surface area contributed by atoms with Crippen LogP contribution in [0, 0.1) is 23.4 Å². The van der Waals surface area contributed by atoms with Crippen LogP contribution in [0.5, 0.6) is 11.5 Å². The number of benzene rings is 2. The molecule has 0 aliphatic carbocycles. The number of rotatable bonds is 7. The number of ether oxygens (including phenoxy) is 2. The van der Waals surface area contributed by atoms with E-state index in [-0.39, 0.29) is 0 Å². The first-order valence-corrected chi connectivity index (χ1v) is 8.25. The van der Waals surface area contributed by atoms with E-state index in [2.05, 4.69) is 5.32 Å². The molecule has 0 fully saturated rings. The maximum absolute atomic E-state index is 13.6. The minimum Gasteiger partial charge on any atom is -0.493 e. The van der Waals surface area contributed by atoms with Crippen LogP contribution in [0.25, 0.3) is 6.08 Å². The Bertz CT molecular complexity index is 851. The van der Waals surface area contributed by atoms with Gasteiger partial charge in [0.1, 0.15) is 0 Å². The molecule has 144 valence electrons. The van der Waals surface area contributed by atoms with E-state index in [1.165, 1.54) is 13.2 Å². The molecule has 4 nitrogen and oxygen atoms in total. The second-order valence-corrected chi connectivity index (χ2v) is 6.16. The van der Waals surface area contributed by atoms with Crippen LogP contribution in [-0.4, -0.2) is 19.6 Å². The third-order valence-electron chi connectivity index (χ3n) is 3.48. The molecule has 0 aromatic heterocycles. The monoisotopic (exact) mass is 379 g/mol.